The molecule has 14 heteroatoms. The van der Waals surface area contributed by atoms with E-state index in [0.717, 1.165) is 50.2 Å². The second kappa shape index (κ2) is 19.7. The number of hydrogen-bond donors (Lipinski definition) is 2. The minimum absolute atomic E-state index is 0.00243. The molecule has 3 atom stereocenters. The van der Waals surface area contributed by atoms with Crippen LogP contribution in [0.5, 0.6) is 11.5 Å². The summed E-state index contributed by atoms with van der Waals surface area (Å²) in [6.45, 7) is 14.2. The van der Waals surface area contributed by atoms with Crippen LogP contribution in [0.2, 0.25) is 0 Å². The molecular formula is C51H52N6O6S2. The summed E-state index contributed by atoms with van der Waals surface area (Å²) < 4.78 is 6.10. The molecule has 2 aliphatic rings. The van der Waals surface area contributed by atoms with Crippen LogP contribution in [0.3, 0.4) is 0 Å². The molecule has 65 heavy (non-hydrogen) atoms. The highest BCUT2D eigenvalue weighted by molar-refractivity contribution is 8.18. The molecule has 5 amide bonds. The quantitative estimate of drug-likeness (QED) is 0.110. The van der Waals surface area contributed by atoms with E-state index in [9.17, 15) is 24.0 Å². The maximum atomic E-state index is 14.2. The maximum Gasteiger partial charge on any atom is 0.293 e. The number of aryl methyl sites for hydroxylation is 3. The van der Waals surface area contributed by atoms with Crippen LogP contribution in [-0.2, 0) is 38.7 Å². The number of imide groups is 1. The van der Waals surface area contributed by atoms with Crippen LogP contribution in [-0.4, -0.2) is 62.3 Å². The lowest BCUT2D eigenvalue weighted by atomic mass is 9.85. The number of amides is 5. The Morgan fingerprint density at radius 2 is 1.58 bits per heavy atom. The first-order valence-corrected chi connectivity index (χ1v) is 23.2. The first kappa shape index (κ1) is 46.4. The van der Waals surface area contributed by atoms with Gasteiger partial charge in [0.15, 0.2) is 0 Å². The standard InChI is InChI=1S/C51H52N6O6S2/c1-30-20-40(47(59)53-26-35-12-16-39(17-13-35)45-33(4)54-29-64-45)56(27-30)49(61)46(51(5,6)7)55-44(58)24-34-8-10-36(11-9-34)28-57-48(60)43(65-50(57)62)23-37-14-18-41(31(2)21-37)63-42-19-15-38(25-52)22-32(42)3/h8-19,21-23,29-30,40,46H,20,24,26-28H2,1-7H3,(H,53,59)(H,55,58)/b43-23-/t30-,40+,46-/m1/s1. The van der Waals surface area contributed by atoms with Crippen molar-refractivity contribution in [2.24, 2.45) is 11.3 Å². The fourth-order valence-corrected chi connectivity index (χ4v) is 9.62. The molecule has 0 spiro atoms. The summed E-state index contributed by atoms with van der Waals surface area (Å²) in [6, 6.07) is 26.5. The average Bonchev–Trinajstić information content (AvgIpc) is 3.96. The van der Waals surface area contributed by atoms with Crippen molar-refractivity contribution in [3.05, 3.63) is 140 Å². The van der Waals surface area contributed by atoms with Crippen LogP contribution in [0, 0.1) is 43.4 Å². The van der Waals surface area contributed by atoms with Crippen molar-refractivity contribution >= 4 is 58.0 Å². The Hall–Kier alpha value is -6.56. The number of thioether (sulfide) groups is 1. The first-order valence-electron chi connectivity index (χ1n) is 21.5. The topological polar surface area (TPSA) is 162 Å². The fourth-order valence-electron chi connectivity index (χ4n) is 7.97. The Bertz CT molecular complexity index is 2710. The molecule has 0 radical (unpaired) electrons. The third-order valence-electron chi connectivity index (χ3n) is 11.6. The van der Waals surface area contributed by atoms with E-state index in [4.69, 9.17) is 10.00 Å². The van der Waals surface area contributed by atoms with Gasteiger partial charge in [-0.15, -0.1) is 11.3 Å². The minimum atomic E-state index is -0.877. The van der Waals surface area contributed by atoms with Gasteiger partial charge in [-0.25, -0.2) is 4.98 Å². The van der Waals surface area contributed by atoms with Crippen molar-refractivity contribution in [3.63, 3.8) is 0 Å². The van der Waals surface area contributed by atoms with Crippen LogP contribution in [0.4, 0.5) is 4.79 Å². The zero-order valence-electron chi connectivity index (χ0n) is 37.6. The molecular weight excluding hydrogens is 857 g/mol. The number of benzene rings is 4. The smallest absolute Gasteiger partial charge is 0.293 e. The van der Waals surface area contributed by atoms with Crippen molar-refractivity contribution < 1.29 is 28.7 Å². The Labute approximate surface area is 388 Å². The number of carbonyl (C=O) groups excluding carboxylic acids is 5. The van der Waals surface area contributed by atoms with Crippen molar-refractivity contribution in [2.75, 3.05) is 6.54 Å². The molecule has 0 unspecified atom stereocenters. The van der Waals surface area contributed by atoms with E-state index >= 15 is 0 Å². The van der Waals surface area contributed by atoms with Gasteiger partial charge in [-0.05, 0) is 126 Å². The Balaban J connectivity index is 0.930. The van der Waals surface area contributed by atoms with Gasteiger partial charge in [0.05, 0.1) is 45.6 Å². The second-order valence-corrected chi connectivity index (χ2v) is 19.7. The number of aromatic nitrogens is 1. The molecule has 7 rings (SSSR count). The van der Waals surface area contributed by atoms with Gasteiger partial charge < -0.3 is 20.3 Å². The summed E-state index contributed by atoms with van der Waals surface area (Å²) in [7, 11) is 0. The highest BCUT2D eigenvalue weighted by atomic mass is 32.2. The molecule has 1 aromatic heterocycles. The van der Waals surface area contributed by atoms with Gasteiger partial charge in [0, 0.05) is 13.1 Å². The molecule has 0 aliphatic carbocycles. The molecule has 12 nitrogen and oxygen atoms in total. The Morgan fingerprint density at radius 1 is 0.923 bits per heavy atom. The van der Waals surface area contributed by atoms with Gasteiger partial charge in [0.2, 0.25) is 17.7 Å². The van der Waals surface area contributed by atoms with Crippen LogP contribution in [0.25, 0.3) is 16.5 Å². The van der Waals surface area contributed by atoms with E-state index < -0.39 is 23.4 Å². The molecule has 5 aromatic rings. The molecule has 3 heterocycles. The lowest BCUT2D eigenvalue weighted by molar-refractivity contribution is -0.143. The van der Waals surface area contributed by atoms with Gasteiger partial charge >= 0.3 is 0 Å². The number of ether oxygens (including phenoxy) is 1. The molecule has 0 saturated carbocycles. The number of nitriles is 1. The molecule has 0 bridgehead atoms. The third-order valence-corrected chi connectivity index (χ3v) is 13.5. The number of nitrogens with zero attached hydrogens (tertiary/aromatic N) is 4. The summed E-state index contributed by atoms with van der Waals surface area (Å²) in [5, 5.41) is 14.8. The van der Waals surface area contributed by atoms with Crippen molar-refractivity contribution in [3.8, 4) is 28.0 Å². The lowest BCUT2D eigenvalue weighted by Gasteiger charge is -2.35. The van der Waals surface area contributed by atoms with Gasteiger partial charge in [-0.3, -0.25) is 28.9 Å². The average molecular weight is 909 g/mol. The zero-order valence-corrected chi connectivity index (χ0v) is 39.2. The molecule has 4 aromatic carbocycles. The number of likely N-dealkylation sites (tertiary alicyclic amines) is 1. The second-order valence-electron chi connectivity index (χ2n) is 17.9. The predicted molar refractivity (Wildman–Crippen MR) is 254 cm³/mol. The van der Waals surface area contributed by atoms with Gasteiger partial charge in [0.1, 0.15) is 23.6 Å². The third kappa shape index (κ3) is 11.0. The number of carbonyl (C=O) groups is 5. The van der Waals surface area contributed by atoms with E-state index in [-0.39, 0.29) is 41.8 Å². The minimum Gasteiger partial charge on any atom is -0.457 e. The van der Waals surface area contributed by atoms with Gasteiger partial charge in [0.25, 0.3) is 11.1 Å². The predicted octanol–water partition coefficient (Wildman–Crippen LogP) is 9.26. The summed E-state index contributed by atoms with van der Waals surface area (Å²) in [4.78, 5) is 76.5. The van der Waals surface area contributed by atoms with E-state index in [1.165, 1.54) is 4.90 Å². The molecule has 2 N–H and O–H groups in total. The zero-order chi connectivity index (χ0) is 46.6. The summed E-state index contributed by atoms with van der Waals surface area (Å²) in [5.74, 6) is 0.121. The number of thiazole rings is 1. The van der Waals surface area contributed by atoms with E-state index in [0.29, 0.717) is 52.6 Å². The number of nitrogens with one attached hydrogen (secondary N) is 2. The summed E-state index contributed by atoms with van der Waals surface area (Å²) >= 11 is 2.47. The Kier molecular flexibility index (Phi) is 14.1. The van der Waals surface area contributed by atoms with Crippen LogP contribution >= 0.6 is 23.1 Å². The van der Waals surface area contributed by atoms with Crippen LogP contribution in [0.1, 0.15) is 78.8 Å². The van der Waals surface area contributed by atoms with E-state index in [2.05, 4.69) is 21.7 Å². The summed E-state index contributed by atoms with van der Waals surface area (Å²) in [5.41, 5.74) is 8.55. The van der Waals surface area contributed by atoms with Crippen molar-refractivity contribution in [2.45, 2.75) is 86.5 Å². The van der Waals surface area contributed by atoms with Gasteiger partial charge in [-0.2, -0.15) is 5.26 Å². The monoisotopic (exact) mass is 908 g/mol. The fraction of sp³-hybridized carbons (Fsp3) is 0.314. The van der Waals surface area contributed by atoms with Crippen molar-refractivity contribution in [1.29, 1.82) is 5.26 Å². The van der Waals surface area contributed by atoms with Crippen LogP contribution < -0.4 is 15.4 Å². The van der Waals surface area contributed by atoms with E-state index in [1.807, 2.05) is 96.4 Å². The van der Waals surface area contributed by atoms with Crippen molar-refractivity contribution in [1.82, 2.24) is 25.4 Å². The summed E-state index contributed by atoms with van der Waals surface area (Å²) in [6.07, 6.45) is 2.22. The first-order chi connectivity index (χ1) is 31.0. The molecule has 334 valence electrons. The number of hydrogen-bond acceptors (Lipinski definition) is 10. The SMILES string of the molecule is Cc1cc(C#N)ccc1Oc1ccc(/C=C2\SC(=O)N(Cc3ccc(CC(=O)N[C@H](C(=O)N4C[C@H](C)C[C@H]4C(=O)NCc4ccc(-c5scnc5C)cc4)C(C)(C)C)cc3)C2=O)cc1C. The normalized spacial score (nSPS) is 17.3. The van der Waals surface area contributed by atoms with Gasteiger partial charge in [-0.1, -0.05) is 82.3 Å². The number of rotatable bonds is 13. The van der Waals surface area contributed by atoms with E-state index in [1.54, 1.807) is 64.8 Å². The molecule has 2 saturated heterocycles. The largest absolute Gasteiger partial charge is 0.457 e. The Morgan fingerprint density at radius 3 is 2.22 bits per heavy atom. The molecule has 2 aliphatic heterocycles. The van der Waals surface area contributed by atoms with Crippen LogP contribution in [0.15, 0.2) is 95.3 Å². The highest BCUT2D eigenvalue weighted by Crippen LogP contribution is 2.36. The molecule has 2 fully saturated rings. The lowest BCUT2D eigenvalue weighted by Crippen LogP contribution is -2.57. The maximum absolute atomic E-state index is 14.2. The highest BCUT2D eigenvalue weighted by Gasteiger charge is 2.44.